The number of hydroxylamine groups is 1. The molecule has 2 aromatic carbocycles. The zero-order valence-corrected chi connectivity index (χ0v) is 14.3. The number of hydrogen-bond donors (Lipinski definition) is 0. The molecule has 7 heteroatoms. The molecule has 3 rings (SSSR count). The Morgan fingerprint density at radius 1 is 0.885 bits per heavy atom. The summed E-state index contributed by atoms with van der Waals surface area (Å²) in [5, 5.41) is 0.995. The molecule has 1 aliphatic heterocycles. The van der Waals surface area contributed by atoms with Crippen molar-refractivity contribution in [3.05, 3.63) is 54.1 Å². The second kappa shape index (κ2) is 8.46. The third-order valence-corrected chi connectivity index (χ3v) is 3.68. The number of benzene rings is 2. The van der Waals surface area contributed by atoms with E-state index in [0.29, 0.717) is 43.6 Å². The molecule has 136 valence electrons. The predicted molar refractivity (Wildman–Crippen MR) is 93.5 cm³/mol. The topological polar surface area (TPSA) is 74.3 Å². The summed E-state index contributed by atoms with van der Waals surface area (Å²) in [4.78, 5) is 29.9. The van der Waals surface area contributed by atoms with Crippen molar-refractivity contribution in [3.63, 3.8) is 0 Å². The van der Waals surface area contributed by atoms with Gasteiger partial charge in [0.25, 0.3) is 5.78 Å². The summed E-state index contributed by atoms with van der Waals surface area (Å²) in [5.41, 5.74) is 0.649. The number of ether oxygens (including phenoxy) is 3. The van der Waals surface area contributed by atoms with E-state index in [1.807, 2.05) is 6.07 Å². The molecular formula is C19H19NO6. The Morgan fingerprint density at radius 3 is 2.42 bits per heavy atom. The normalized spacial score (nSPS) is 13.0. The van der Waals surface area contributed by atoms with Gasteiger partial charge in [-0.25, -0.2) is 0 Å². The van der Waals surface area contributed by atoms with Gasteiger partial charge in [0.15, 0.2) is 5.75 Å². The lowest BCUT2D eigenvalue weighted by Gasteiger charge is -2.17. The van der Waals surface area contributed by atoms with Crippen molar-refractivity contribution in [3.8, 4) is 11.5 Å². The zero-order chi connectivity index (χ0) is 18.4. The van der Waals surface area contributed by atoms with Crippen LogP contribution in [0.4, 0.5) is 5.69 Å². The van der Waals surface area contributed by atoms with E-state index >= 15 is 0 Å². The molecule has 0 saturated heterocycles. The fourth-order valence-electron chi connectivity index (χ4n) is 2.42. The quantitative estimate of drug-likeness (QED) is 0.506. The van der Waals surface area contributed by atoms with Gasteiger partial charge < -0.3 is 19.0 Å². The van der Waals surface area contributed by atoms with Crippen LogP contribution in [-0.2, 0) is 14.3 Å². The molecule has 1 amide bonds. The summed E-state index contributed by atoms with van der Waals surface area (Å²) in [6.07, 6.45) is 0. The van der Waals surface area contributed by atoms with E-state index in [1.165, 1.54) is 0 Å². The highest BCUT2D eigenvalue weighted by Gasteiger charge is 2.38. The molecule has 0 fully saturated rings. The third kappa shape index (κ3) is 4.01. The first-order valence-corrected chi connectivity index (χ1v) is 8.16. The number of fused-ring (bicyclic) bond motifs is 1. The lowest BCUT2D eigenvalue weighted by atomic mass is 10.1. The van der Waals surface area contributed by atoms with Gasteiger partial charge in [0.1, 0.15) is 12.4 Å². The van der Waals surface area contributed by atoms with Gasteiger partial charge in [-0.3, -0.25) is 9.59 Å². The number of amides is 1. The Labute approximate surface area is 151 Å². The molecular weight excluding hydrogens is 338 g/mol. The molecule has 7 nitrogen and oxygen atoms in total. The van der Waals surface area contributed by atoms with Gasteiger partial charge in [0, 0.05) is 13.2 Å². The van der Waals surface area contributed by atoms with Gasteiger partial charge >= 0.3 is 5.91 Å². The Kier molecular flexibility index (Phi) is 5.83. The molecule has 0 saturated carbocycles. The molecule has 1 heterocycles. The number of carbonyl (C=O) groups excluding carboxylic acids is 2. The first-order chi connectivity index (χ1) is 12.7. The first kappa shape index (κ1) is 17.9. The summed E-state index contributed by atoms with van der Waals surface area (Å²) in [5.74, 6) is -0.364. The molecule has 26 heavy (non-hydrogen) atoms. The molecule has 0 atom stereocenters. The van der Waals surface area contributed by atoms with Crippen molar-refractivity contribution in [2.45, 2.75) is 0 Å². The maximum Gasteiger partial charge on any atom is 0.332 e. The minimum atomic E-state index is -0.732. The van der Waals surface area contributed by atoms with Gasteiger partial charge in [-0.05, 0) is 24.3 Å². The summed E-state index contributed by atoms with van der Waals surface area (Å²) < 4.78 is 15.8. The van der Waals surface area contributed by atoms with Gasteiger partial charge in [-0.15, -0.1) is 5.06 Å². The number of Topliss-reactive ketones (excluding diaryl/α,β-unsaturated/α-hetero) is 1. The second-order valence-corrected chi connectivity index (χ2v) is 5.47. The van der Waals surface area contributed by atoms with Crippen molar-refractivity contribution in [2.24, 2.45) is 0 Å². The fraction of sp³-hybridized carbons (Fsp3) is 0.263. The van der Waals surface area contributed by atoms with Crippen molar-refractivity contribution >= 4 is 17.4 Å². The van der Waals surface area contributed by atoms with E-state index in [9.17, 15) is 9.59 Å². The molecule has 0 bridgehead atoms. The number of rotatable bonds is 9. The number of ketones is 1. The van der Waals surface area contributed by atoms with E-state index < -0.39 is 11.7 Å². The molecule has 0 radical (unpaired) electrons. The van der Waals surface area contributed by atoms with Crippen molar-refractivity contribution < 1.29 is 28.6 Å². The Hall–Kier alpha value is -2.90. The number of para-hydroxylation sites is 1. The highest BCUT2D eigenvalue weighted by atomic mass is 16.7. The van der Waals surface area contributed by atoms with Crippen LogP contribution in [0.25, 0.3) is 0 Å². The van der Waals surface area contributed by atoms with Crippen LogP contribution in [0.15, 0.2) is 48.5 Å². The van der Waals surface area contributed by atoms with E-state index in [0.717, 1.165) is 5.06 Å². The maximum atomic E-state index is 12.2. The molecule has 0 N–H and O–H groups in total. The highest BCUT2D eigenvalue weighted by Crippen LogP contribution is 2.33. The monoisotopic (exact) mass is 357 g/mol. The average Bonchev–Trinajstić information content (AvgIpc) is 2.90. The Bertz CT molecular complexity index is 777. The van der Waals surface area contributed by atoms with Crippen LogP contribution in [0, 0.1) is 0 Å². The molecule has 0 spiro atoms. The van der Waals surface area contributed by atoms with Crippen LogP contribution in [0.3, 0.4) is 0 Å². The van der Waals surface area contributed by atoms with Crippen LogP contribution in [0.1, 0.15) is 10.4 Å². The van der Waals surface area contributed by atoms with Crippen LogP contribution >= 0.6 is 0 Å². The van der Waals surface area contributed by atoms with Crippen LogP contribution in [-0.4, -0.2) is 45.2 Å². The van der Waals surface area contributed by atoms with Crippen LogP contribution in [0.5, 0.6) is 11.5 Å². The fourth-order valence-corrected chi connectivity index (χ4v) is 2.42. The first-order valence-electron chi connectivity index (χ1n) is 8.16. The number of hydrogen-bond acceptors (Lipinski definition) is 6. The van der Waals surface area contributed by atoms with Crippen molar-refractivity contribution in [2.75, 3.05) is 38.6 Å². The summed E-state index contributed by atoms with van der Waals surface area (Å²) in [6, 6.07) is 13.6. The lowest BCUT2D eigenvalue weighted by molar-refractivity contribution is -0.118. The summed E-state index contributed by atoms with van der Waals surface area (Å²) in [6.45, 7) is 1.76. The summed E-state index contributed by atoms with van der Waals surface area (Å²) in [7, 11) is 1.61. The average molecular weight is 357 g/mol. The number of methoxy groups -OCH3 is 1. The largest absolute Gasteiger partial charge is 0.491 e. The SMILES string of the molecule is COCCOCCOc1ccc2c(c1)N(Oc1ccccc1)C(=O)C2=O. The Morgan fingerprint density at radius 2 is 1.65 bits per heavy atom. The standard InChI is InChI=1S/C19H19NO6/c1-23-9-10-24-11-12-25-15-7-8-16-17(13-15)20(19(22)18(16)21)26-14-5-3-2-4-6-14/h2-8,13H,9-12H2,1H3. The number of nitrogens with zero attached hydrogens (tertiary/aromatic N) is 1. The second-order valence-electron chi connectivity index (χ2n) is 5.47. The van der Waals surface area contributed by atoms with E-state index in [1.54, 1.807) is 49.6 Å². The Balaban J connectivity index is 1.68. The van der Waals surface area contributed by atoms with E-state index in [-0.39, 0.29) is 5.56 Å². The molecule has 0 aliphatic carbocycles. The van der Waals surface area contributed by atoms with Gasteiger partial charge in [0.2, 0.25) is 0 Å². The number of anilines is 1. The van der Waals surface area contributed by atoms with Crippen LogP contribution in [0.2, 0.25) is 0 Å². The number of carbonyl (C=O) groups is 2. The predicted octanol–water partition coefficient (Wildman–Crippen LogP) is 2.25. The highest BCUT2D eigenvalue weighted by molar-refractivity contribution is 6.51. The minimum Gasteiger partial charge on any atom is -0.491 e. The molecule has 1 aliphatic rings. The lowest BCUT2D eigenvalue weighted by Crippen LogP contribution is -2.32. The zero-order valence-electron chi connectivity index (χ0n) is 14.3. The maximum absolute atomic E-state index is 12.2. The van der Waals surface area contributed by atoms with Crippen molar-refractivity contribution in [1.82, 2.24) is 0 Å². The van der Waals surface area contributed by atoms with Gasteiger partial charge in [0.05, 0.1) is 31.1 Å². The summed E-state index contributed by atoms with van der Waals surface area (Å²) >= 11 is 0. The molecule has 0 aromatic heterocycles. The molecule has 0 unspecified atom stereocenters. The van der Waals surface area contributed by atoms with Crippen LogP contribution < -0.4 is 14.6 Å². The smallest absolute Gasteiger partial charge is 0.332 e. The van der Waals surface area contributed by atoms with E-state index in [4.69, 9.17) is 19.0 Å². The third-order valence-electron chi connectivity index (χ3n) is 3.68. The minimum absolute atomic E-state index is 0.287. The van der Waals surface area contributed by atoms with Gasteiger partial charge in [-0.2, -0.15) is 0 Å². The van der Waals surface area contributed by atoms with Gasteiger partial charge in [-0.1, -0.05) is 18.2 Å². The molecule has 2 aromatic rings. The van der Waals surface area contributed by atoms with E-state index in [2.05, 4.69) is 0 Å². The van der Waals surface area contributed by atoms with Crippen molar-refractivity contribution in [1.29, 1.82) is 0 Å².